The van der Waals surface area contributed by atoms with Crippen molar-refractivity contribution >= 4 is 0 Å². The molecule has 0 radical (unpaired) electrons. The third-order valence-corrected chi connectivity index (χ3v) is 4.72. The third kappa shape index (κ3) is 4.04. The van der Waals surface area contributed by atoms with E-state index in [-0.39, 0.29) is 11.2 Å². The summed E-state index contributed by atoms with van der Waals surface area (Å²) in [6.45, 7) is 9.46. The number of nitrogens with one attached hydrogen (secondary N) is 1. The molecule has 1 atom stereocenters. The van der Waals surface area contributed by atoms with Crippen LogP contribution in [0.1, 0.15) is 45.6 Å². The van der Waals surface area contributed by atoms with E-state index in [9.17, 15) is 4.39 Å². The maximum absolute atomic E-state index is 13.2. The fourth-order valence-electron chi connectivity index (χ4n) is 3.42. The first-order valence-corrected chi connectivity index (χ1v) is 8.13. The molecule has 0 bridgehead atoms. The van der Waals surface area contributed by atoms with Gasteiger partial charge < -0.3 is 10.1 Å². The summed E-state index contributed by atoms with van der Waals surface area (Å²) in [4.78, 5) is 0. The largest absolute Gasteiger partial charge is 0.381 e. The van der Waals surface area contributed by atoms with Gasteiger partial charge in [-0.2, -0.15) is 0 Å². The van der Waals surface area contributed by atoms with Gasteiger partial charge >= 0.3 is 0 Å². The summed E-state index contributed by atoms with van der Waals surface area (Å²) in [7, 11) is 0. The van der Waals surface area contributed by atoms with Gasteiger partial charge in [-0.25, -0.2) is 4.39 Å². The molecule has 1 aromatic carbocycles. The SMILES string of the molecule is CCCNC(C1CCOCC1)C(C)(C)c1ccc(F)cc1. The molecule has 0 aromatic heterocycles. The van der Waals surface area contributed by atoms with E-state index >= 15 is 0 Å². The zero-order valence-electron chi connectivity index (χ0n) is 13.5. The molecular weight excluding hydrogens is 265 g/mol. The molecule has 118 valence electrons. The van der Waals surface area contributed by atoms with E-state index in [0.29, 0.717) is 12.0 Å². The molecule has 21 heavy (non-hydrogen) atoms. The zero-order valence-corrected chi connectivity index (χ0v) is 13.5. The normalized spacial score (nSPS) is 18.7. The first-order valence-electron chi connectivity index (χ1n) is 8.13. The van der Waals surface area contributed by atoms with Crippen LogP contribution < -0.4 is 5.32 Å². The molecule has 2 nitrogen and oxygen atoms in total. The van der Waals surface area contributed by atoms with Gasteiger partial charge in [0.05, 0.1) is 0 Å². The van der Waals surface area contributed by atoms with Crippen molar-refractivity contribution < 1.29 is 9.13 Å². The standard InChI is InChI=1S/C18H28FNO/c1-4-11-20-17(14-9-12-21-13-10-14)18(2,3)15-5-7-16(19)8-6-15/h5-8,14,17,20H,4,9-13H2,1-3H3. The predicted octanol–water partition coefficient (Wildman–Crippen LogP) is 3.90. The second-order valence-electron chi connectivity index (χ2n) is 6.61. The summed E-state index contributed by atoms with van der Waals surface area (Å²) < 4.78 is 18.7. The quantitative estimate of drug-likeness (QED) is 0.859. The molecule has 3 heteroatoms. The fraction of sp³-hybridized carbons (Fsp3) is 0.667. The second kappa shape index (κ2) is 7.37. The fourth-order valence-corrected chi connectivity index (χ4v) is 3.42. The maximum atomic E-state index is 13.2. The number of halogens is 1. The molecule has 1 unspecified atom stereocenters. The van der Waals surface area contributed by atoms with E-state index in [1.165, 1.54) is 5.56 Å². The van der Waals surface area contributed by atoms with Crippen LogP contribution in [0.4, 0.5) is 4.39 Å². The highest BCUT2D eigenvalue weighted by atomic mass is 19.1. The summed E-state index contributed by atoms with van der Waals surface area (Å²) in [5.74, 6) is 0.448. The van der Waals surface area contributed by atoms with Crippen LogP contribution in [-0.4, -0.2) is 25.8 Å². The molecule has 0 spiro atoms. The van der Waals surface area contributed by atoms with Gasteiger partial charge in [0.15, 0.2) is 0 Å². The lowest BCUT2D eigenvalue weighted by Gasteiger charge is -2.42. The molecule has 1 saturated heterocycles. The van der Waals surface area contributed by atoms with Crippen molar-refractivity contribution in [2.75, 3.05) is 19.8 Å². The Bertz CT molecular complexity index is 423. The lowest BCUT2D eigenvalue weighted by atomic mass is 9.70. The average Bonchev–Trinajstić information content (AvgIpc) is 2.49. The van der Waals surface area contributed by atoms with Crippen LogP contribution in [0.3, 0.4) is 0 Å². The first kappa shape index (κ1) is 16.4. The average molecular weight is 293 g/mol. The molecule has 1 aliphatic rings. The van der Waals surface area contributed by atoms with Crippen LogP contribution in [0, 0.1) is 11.7 Å². The van der Waals surface area contributed by atoms with E-state index in [2.05, 4.69) is 26.1 Å². The molecule has 0 aliphatic carbocycles. The molecule has 1 aliphatic heterocycles. The number of hydrogen-bond acceptors (Lipinski definition) is 2. The Kier molecular flexibility index (Phi) is 5.77. The molecule has 1 heterocycles. The van der Waals surface area contributed by atoms with Gasteiger partial charge in [-0.3, -0.25) is 0 Å². The molecule has 1 N–H and O–H groups in total. The van der Waals surface area contributed by atoms with Crippen molar-refractivity contribution in [2.24, 2.45) is 5.92 Å². The second-order valence-corrected chi connectivity index (χ2v) is 6.61. The Morgan fingerprint density at radius 3 is 2.43 bits per heavy atom. The first-order chi connectivity index (χ1) is 10.1. The Morgan fingerprint density at radius 2 is 1.86 bits per heavy atom. The Morgan fingerprint density at radius 1 is 1.24 bits per heavy atom. The van der Waals surface area contributed by atoms with E-state index in [1.807, 2.05) is 12.1 Å². The van der Waals surface area contributed by atoms with E-state index in [0.717, 1.165) is 39.0 Å². The molecule has 1 aromatic rings. The van der Waals surface area contributed by atoms with Crippen LogP contribution in [0.5, 0.6) is 0 Å². The van der Waals surface area contributed by atoms with Crippen molar-refractivity contribution in [3.63, 3.8) is 0 Å². The molecule has 0 amide bonds. The van der Waals surface area contributed by atoms with Crippen LogP contribution in [0.25, 0.3) is 0 Å². The van der Waals surface area contributed by atoms with Gasteiger partial charge in [-0.05, 0) is 49.4 Å². The minimum absolute atomic E-state index is 0.0229. The van der Waals surface area contributed by atoms with Crippen molar-refractivity contribution in [3.05, 3.63) is 35.6 Å². The van der Waals surface area contributed by atoms with E-state index in [4.69, 9.17) is 4.74 Å². The summed E-state index contributed by atoms with van der Waals surface area (Å²) in [5.41, 5.74) is 1.18. The lowest BCUT2D eigenvalue weighted by Crippen LogP contribution is -2.51. The Hall–Kier alpha value is -0.930. The monoisotopic (exact) mass is 293 g/mol. The summed E-state index contributed by atoms with van der Waals surface area (Å²) in [6, 6.07) is 7.38. The van der Waals surface area contributed by atoms with Crippen molar-refractivity contribution in [2.45, 2.75) is 51.5 Å². The summed E-state index contributed by atoms with van der Waals surface area (Å²) >= 11 is 0. The Balaban J connectivity index is 2.21. The molecular formula is C18H28FNO. The van der Waals surface area contributed by atoms with Gasteiger partial charge in [0, 0.05) is 24.7 Å². The van der Waals surface area contributed by atoms with Crippen LogP contribution >= 0.6 is 0 Å². The molecule has 1 fully saturated rings. The summed E-state index contributed by atoms with van der Waals surface area (Å²) in [6.07, 6.45) is 3.33. The van der Waals surface area contributed by atoms with Crippen molar-refractivity contribution in [3.8, 4) is 0 Å². The minimum Gasteiger partial charge on any atom is -0.381 e. The van der Waals surface area contributed by atoms with Gasteiger partial charge in [-0.1, -0.05) is 32.9 Å². The smallest absolute Gasteiger partial charge is 0.123 e. The minimum atomic E-state index is -0.168. The topological polar surface area (TPSA) is 21.3 Å². The predicted molar refractivity (Wildman–Crippen MR) is 85.1 cm³/mol. The number of hydrogen-bond donors (Lipinski definition) is 1. The highest BCUT2D eigenvalue weighted by molar-refractivity contribution is 5.27. The number of ether oxygens (including phenoxy) is 1. The van der Waals surface area contributed by atoms with Crippen molar-refractivity contribution in [1.82, 2.24) is 5.32 Å². The lowest BCUT2D eigenvalue weighted by molar-refractivity contribution is 0.0429. The highest BCUT2D eigenvalue weighted by Gasteiger charge is 2.37. The van der Waals surface area contributed by atoms with Gasteiger partial charge in [0.1, 0.15) is 5.82 Å². The van der Waals surface area contributed by atoms with E-state index in [1.54, 1.807) is 12.1 Å². The Labute approximate surface area is 128 Å². The highest BCUT2D eigenvalue weighted by Crippen LogP contribution is 2.35. The van der Waals surface area contributed by atoms with Crippen LogP contribution in [-0.2, 0) is 10.2 Å². The van der Waals surface area contributed by atoms with Gasteiger partial charge in [0.25, 0.3) is 0 Å². The maximum Gasteiger partial charge on any atom is 0.123 e. The third-order valence-electron chi connectivity index (χ3n) is 4.72. The summed E-state index contributed by atoms with van der Waals surface area (Å²) in [5, 5.41) is 3.74. The molecule has 0 saturated carbocycles. The molecule has 2 rings (SSSR count). The van der Waals surface area contributed by atoms with E-state index < -0.39 is 0 Å². The van der Waals surface area contributed by atoms with Gasteiger partial charge in [-0.15, -0.1) is 0 Å². The van der Waals surface area contributed by atoms with Crippen LogP contribution in [0.2, 0.25) is 0 Å². The number of rotatable bonds is 6. The zero-order chi connectivity index (χ0) is 15.3. The van der Waals surface area contributed by atoms with Crippen LogP contribution in [0.15, 0.2) is 24.3 Å². The number of benzene rings is 1. The van der Waals surface area contributed by atoms with Gasteiger partial charge in [0.2, 0.25) is 0 Å². The van der Waals surface area contributed by atoms with Crippen molar-refractivity contribution in [1.29, 1.82) is 0 Å².